The number of benzene rings is 1. The number of para-hydroxylation sites is 1. The van der Waals surface area contributed by atoms with E-state index < -0.39 is 0 Å². The largest absolute Gasteiger partial charge is 0.492 e. The molecule has 0 aromatic heterocycles. The molecule has 0 bridgehead atoms. The van der Waals surface area contributed by atoms with E-state index in [1.54, 1.807) is 18.2 Å². The SMILES string of the molecule is C=CC(=O)c1cccc(C=O)c1OCCC. The molecule has 0 amide bonds. The minimum absolute atomic E-state index is 0.241. The summed E-state index contributed by atoms with van der Waals surface area (Å²) >= 11 is 0. The van der Waals surface area contributed by atoms with Crippen LogP contribution in [0.4, 0.5) is 0 Å². The summed E-state index contributed by atoms with van der Waals surface area (Å²) in [6, 6.07) is 4.90. The third kappa shape index (κ3) is 2.57. The Morgan fingerprint density at radius 3 is 2.81 bits per heavy atom. The van der Waals surface area contributed by atoms with E-state index >= 15 is 0 Å². The van der Waals surface area contributed by atoms with Gasteiger partial charge in [0.05, 0.1) is 17.7 Å². The summed E-state index contributed by atoms with van der Waals surface area (Å²) in [5, 5.41) is 0. The molecule has 1 aromatic rings. The molecule has 0 N–H and O–H groups in total. The Bertz CT molecular complexity index is 408. The fourth-order valence-electron chi connectivity index (χ4n) is 1.32. The van der Waals surface area contributed by atoms with Gasteiger partial charge in [-0.25, -0.2) is 0 Å². The summed E-state index contributed by atoms with van der Waals surface area (Å²) in [6.07, 6.45) is 2.71. The second-order valence-corrected chi connectivity index (χ2v) is 3.26. The molecule has 16 heavy (non-hydrogen) atoms. The molecule has 0 saturated heterocycles. The Morgan fingerprint density at radius 2 is 2.25 bits per heavy atom. The number of aldehydes is 1. The molecule has 84 valence electrons. The van der Waals surface area contributed by atoms with E-state index in [1.165, 1.54) is 6.08 Å². The molecule has 3 nitrogen and oxygen atoms in total. The first-order valence-electron chi connectivity index (χ1n) is 5.12. The maximum absolute atomic E-state index is 11.6. The van der Waals surface area contributed by atoms with Gasteiger partial charge in [0, 0.05) is 0 Å². The zero-order chi connectivity index (χ0) is 12.0. The number of carbonyl (C=O) groups excluding carboxylic acids is 2. The van der Waals surface area contributed by atoms with Crippen molar-refractivity contribution < 1.29 is 14.3 Å². The minimum atomic E-state index is -0.241. The number of hydrogen-bond acceptors (Lipinski definition) is 3. The topological polar surface area (TPSA) is 43.4 Å². The van der Waals surface area contributed by atoms with Crippen LogP contribution >= 0.6 is 0 Å². The van der Waals surface area contributed by atoms with Gasteiger partial charge in [-0.2, -0.15) is 0 Å². The van der Waals surface area contributed by atoms with Crippen molar-refractivity contribution in [3.8, 4) is 5.75 Å². The van der Waals surface area contributed by atoms with Gasteiger partial charge in [0.15, 0.2) is 12.1 Å². The van der Waals surface area contributed by atoms with Crippen LogP contribution in [-0.2, 0) is 0 Å². The molecular weight excluding hydrogens is 204 g/mol. The van der Waals surface area contributed by atoms with Crippen molar-refractivity contribution >= 4 is 12.1 Å². The van der Waals surface area contributed by atoms with E-state index in [2.05, 4.69) is 6.58 Å². The van der Waals surface area contributed by atoms with Gasteiger partial charge >= 0.3 is 0 Å². The van der Waals surface area contributed by atoms with E-state index in [-0.39, 0.29) is 5.78 Å². The number of rotatable bonds is 6. The molecule has 0 spiro atoms. The first kappa shape index (κ1) is 12.2. The van der Waals surface area contributed by atoms with Crippen LogP contribution in [0.1, 0.15) is 34.1 Å². The maximum atomic E-state index is 11.6. The van der Waals surface area contributed by atoms with Gasteiger partial charge in [0.25, 0.3) is 0 Å². The average Bonchev–Trinajstić information content (AvgIpc) is 2.34. The van der Waals surface area contributed by atoms with Gasteiger partial charge < -0.3 is 4.74 Å². The average molecular weight is 218 g/mol. The number of hydrogen-bond donors (Lipinski definition) is 0. The number of ether oxygens (including phenoxy) is 1. The van der Waals surface area contributed by atoms with Crippen LogP contribution in [0, 0.1) is 0 Å². The molecular formula is C13H14O3. The quantitative estimate of drug-likeness (QED) is 0.419. The Morgan fingerprint density at radius 1 is 1.50 bits per heavy atom. The molecule has 1 aromatic carbocycles. The summed E-state index contributed by atoms with van der Waals surface area (Å²) in [7, 11) is 0. The van der Waals surface area contributed by atoms with Crippen LogP contribution in [0.3, 0.4) is 0 Å². The maximum Gasteiger partial charge on any atom is 0.188 e. The van der Waals surface area contributed by atoms with Gasteiger partial charge in [-0.15, -0.1) is 0 Å². The fourth-order valence-corrected chi connectivity index (χ4v) is 1.32. The Hall–Kier alpha value is -1.90. The van der Waals surface area contributed by atoms with E-state index in [9.17, 15) is 9.59 Å². The lowest BCUT2D eigenvalue weighted by Crippen LogP contribution is -2.05. The lowest BCUT2D eigenvalue weighted by Gasteiger charge is -2.10. The highest BCUT2D eigenvalue weighted by atomic mass is 16.5. The molecule has 0 atom stereocenters. The zero-order valence-electron chi connectivity index (χ0n) is 9.23. The predicted molar refractivity (Wildman–Crippen MR) is 62.1 cm³/mol. The molecule has 1 rings (SSSR count). The summed E-state index contributed by atoms with van der Waals surface area (Å²) in [6.45, 7) is 5.85. The molecule has 0 aliphatic rings. The molecule has 0 radical (unpaired) electrons. The molecule has 0 aliphatic heterocycles. The summed E-state index contributed by atoms with van der Waals surface area (Å²) in [5.74, 6) is 0.110. The monoisotopic (exact) mass is 218 g/mol. The van der Waals surface area contributed by atoms with Crippen molar-refractivity contribution in [2.75, 3.05) is 6.61 Å². The molecule has 3 heteroatoms. The first-order chi connectivity index (χ1) is 7.74. The first-order valence-corrected chi connectivity index (χ1v) is 5.12. The third-order valence-electron chi connectivity index (χ3n) is 2.07. The fraction of sp³-hybridized carbons (Fsp3) is 0.231. The third-order valence-corrected chi connectivity index (χ3v) is 2.07. The van der Waals surface area contributed by atoms with Crippen LogP contribution in [0.2, 0.25) is 0 Å². The lowest BCUT2D eigenvalue weighted by molar-refractivity contribution is 0.104. The highest BCUT2D eigenvalue weighted by Crippen LogP contribution is 2.23. The molecule has 0 aliphatic carbocycles. The van der Waals surface area contributed by atoms with Crippen molar-refractivity contribution in [3.63, 3.8) is 0 Å². The van der Waals surface area contributed by atoms with Gasteiger partial charge in [-0.1, -0.05) is 19.6 Å². The van der Waals surface area contributed by atoms with Crippen molar-refractivity contribution in [1.82, 2.24) is 0 Å². The summed E-state index contributed by atoms with van der Waals surface area (Å²) in [4.78, 5) is 22.4. The standard InChI is InChI=1S/C13H14O3/c1-3-8-16-13-10(9-14)6-5-7-11(13)12(15)4-2/h4-7,9H,2-3,8H2,1H3. The van der Waals surface area contributed by atoms with E-state index in [0.29, 0.717) is 29.8 Å². The van der Waals surface area contributed by atoms with E-state index in [4.69, 9.17) is 4.74 Å². The van der Waals surface area contributed by atoms with Crippen molar-refractivity contribution in [2.24, 2.45) is 0 Å². The predicted octanol–water partition coefficient (Wildman–Crippen LogP) is 2.66. The lowest BCUT2D eigenvalue weighted by atomic mass is 10.1. The van der Waals surface area contributed by atoms with Crippen molar-refractivity contribution in [2.45, 2.75) is 13.3 Å². The normalized spacial score (nSPS) is 9.56. The molecule has 0 saturated carbocycles. The van der Waals surface area contributed by atoms with Crippen LogP contribution in [0.15, 0.2) is 30.9 Å². The Kier molecular flexibility index (Phi) is 4.45. The van der Waals surface area contributed by atoms with Crippen LogP contribution < -0.4 is 4.74 Å². The summed E-state index contributed by atoms with van der Waals surface area (Å²) in [5.41, 5.74) is 0.772. The Labute approximate surface area is 94.7 Å². The minimum Gasteiger partial charge on any atom is -0.492 e. The van der Waals surface area contributed by atoms with Gasteiger partial charge in [-0.05, 0) is 24.6 Å². The number of carbonyl (C=O) groups is 2. The smallest absolute Gasteiger partial charge is 0.188 e. The van der Waals surface area contributed by atoms with Gasteiger partial charge in [-0.3, -0.25) is 9.59 Å². The van der Waals surface area contributed by atoms with Crippen LogP contribution in [0.25, 0.3) is 0 Å². The highest BCUT2D eigenvalue weighted by molar-refractivity contribution is 6.07. The van der Waals surface area contributed by atoms with Crippen LogP contribution in [0.5, 0.6) is 5.75 Å². The van der Waals surface area contributed by atoms with Crippen molar-refractivity contribution in [1.29, 1.82) is 0 Å². The van der Waals surface area contributed by atoms with Crippen molar-refractivity contribution in [3.05, 3.63) is 42.0 Å². The molecule has 0 heterocycles. The zero-order valence-corrected chi connectivity index (χ0v) is 9.23. The van der Waals surface area contributed by atoms with E-state index in [1.807, 2.05) is 6.92 Å². The second kappa shape index (κ2) is 5.85. The van der Waals surface area contributed by atoms with Crippen LogP contribution in [-0.4, -0.2) is 18.7 Å². The van der Waals surface area contributed by atoms with Gasteiger partial charge in [0.2, 0.25) is 0 Å². The number of ketones is 1. The van der Waals surface area contributed by atoms with E-state index in [0.717, 1.165) is 6.42 Å². The number of allylic oxidation sites excluding steroid dienone is 1. The van der Waals surface area contributed by atoms with Gasteiger partial charge in [0.1, 0.15) is 5.75 Å². The molecule has 0 fully saturated rings. The Balaban J connectivity index is 3.19. The second-order valence-electron chi connectivity index (χ2n) is 3.26. The summed E-state index contributed by atoms with van der Waals surface area (Å²) < 4.78 is 5.43. The highest BCUT2D eigenvalue weighted by Gasteiger charge is 2.13. The molecule has 0 unspecified atom stereocenters.